The largest absolute Gasteiger partial charge is 0.343 e. The molecule has 1 amide bonds. The third-order valence-electron chi connectivity index (χ3n) is 3.29. The summed E-state index contributed by atoms with van der Waals surface area (Å²) < 4.78 is 0. The molecule has 2 aliphatic rings. The summed E-state index contributed by atoms with van der Waals surface area (Å²) in [6.45, 7) is 0. The number of nitrogens with zero attached hydrogens (tertiary/aromatic N) is 3. The molecule has 6 heteroatoms. The van der Waals surface area contributed by atoms with Crippen molar-refractivity contribution in [1.29, 1.82) is 0 Å². The molecule has 80 valence electrons. The fourth-order valence-corrected chi connectivity index (χ4v) is 1.98. The summed E-state index contributed by atoms with van der Waals surface area (Å²) >= 11 is 0. The van der Waals surface area contributed by atoms with Crippen LogP contribution in [0.5, 0.6) is 0 Å². The molecular formula is C9H13N5O. The van der Waals surface area contributed by atoms with E-state index in [4.69, 9.17) is 0 Å². The number of hydrogen-bond donors (Lipinski definition) is 2. The van der Waals surface area contributed by atoms with Crippen molar-refractivity contribution in [3.63, 3.8) is 0 Å². The highest BCUT2D eigenvalue weighted by atomic mass is 16.2. The normalized spacial score (nSPS) is 23.2. The number of aromatic nitrogens is 4. The van der Waals surface area contributed by atoms with Crippen molar-refractivity contribution in [3.05, 3.63) is 5.82 Å². The highest BCUT2D eigenvalue weighted by Crippen LogP contribution is 2.40. The fourth-order valence-electron chi connectivity index (χ4n) is 1.98. The summed E-state index contributed by atoms with van der Waals surface area (Å²) in [5, 5.41) is 17.0. The fraction of sp³-hybridized carbons (Fsp3) is 0.778. The van der Waals surface area contributed by atoms with Gasteiger partial charge in [0, 0.05) is 5.92 Å². The minimum absolute atomic E-state index is 0.152. The SMILES string of the molecule is O=C(NC1(c2nn[nH]n2)CCC1)C1CC1. The monoisotopic (exact) mass is 207 g/mol. The topological polar surface area (TPSA) is 83.6 Å². The zero-order valence-corrected chi connectivity index (χ0v) is 8.36. The Labute approximate surface area is 86.8 Å². The molecule has 1 aromatic rings. The smallest absolute Gasteiger partial charge is 0.223 e. The van der Waals surface area contributed by atoms with Crippen LogP contribution in [0.2, 0.25) is 0 Å². The van der Waals surface area contributed by atoms with Crippen LogP contribution in [0.3, 0.4) is 0 Å². The predicted molar refractivity (Wildman–Crippen MR) is 50.6 cm³/mol. The van der Waals surface area contributed by atoms with Crippen LogP contribution in [0.1, 0.15) is 37.9 Å². The summed E-state index contributed by atoms with van der Waals surface area (Å²) in [5.41, 5.74) is -0.327. The van der Waals surface area contributed by atoms with Crippen molar-refractivity contribution < 1.29 is 4.79 Å². The number of carbonyl (C=O) groups is 1. The van der Waals surface area contributed by atoms with E-state index in [1.807, 2.05) is 0 Å². The van der Waals surface area contributed by atoms with Gasteiger partial charge in [0.25, 0.3) is 0 Å². The van der Waals surface area contributed by atoms with E-state index in [1.54, 1.807) is 0 Å². The standard InChI is InChI=1S/C9H13N5O/c15-7(6-2-3-6)10-9(4-1-5-9)8-11-13-14-12-8/h6H,1-5H2,(H,10,15)(H,11,12,13,14). The maximum absolute atomic E-state index is 11.7. The van der Waals surface area contributed by atoms with Gasteiger partial charge in [-0.05, 0) is 32.1 Å². The Hall–Kier alpha value is -1.46. The quantitative estimate of drug-likeness (QED) is 0.736. The molecule has 1 heterocycles. The molecule has 0 unspecified atom stereocenters. The minimum Gasteiger partial charge on any atom is -0.343 e. The molecule has 0 radical (unpaired) electrons. The summed E-state index contributed by atoms with van der Waals surface area (Å²) in [4.78, 5) is 11.7. The number of H-pyrrole nitrogens is 1. The first-order chi connectivity index (χ1) is 7.30. The van der Waals surface area contributed by atoms with Crippen LogP contribution in [0.4, 0.5) is 0 Å². The lowest BCUT2D eigenvalue weighted by Crippen LogP contribution is -2.52. The lowest BCUT2D eigenvalue weighted by molar-refractivity contribution is -0.125. The number of aromatic amines is 1. The summed E-state index contributed by atoms with van der Waals surface area (Å²) in [7, 11) is 0. The first-order valence-electron chi connectivity index (χ1n) is 5.36. The molecule has 0 atom stereocenters. The number of hydrogen-bond acceptors (Lipinski definition) is 4. The molecule has 0 aliphatic heterocycles. The van der Waals surface area contributed by atoms with Gasteiger partial charge in [0.2, 0.25) is 5.91 Å². The molecule has 6 nitrogen and oxygen atoms in total. The van der Waals surface area contributed by atoms with Gasteiger partial charge in [0.15, 0.2) is 5.82 Å². The van der Waals surface area contributed by atoms with E-state index in [0.717, 1.165) is 32.1 Å². The molecular weight excluding hydrogens is 194 g/mol. The third kappa shape index (κ3) is 1.40. The average molecular weight is 207 g/mol. The predicted octanol–water partition coefficient (Wildman–Crippen LogP) is 0.105. The lowest BCUT2D eigenvalue weighted by atomic mass is 9.76. The highest BCUT2D eigenvalue weighted by molar-refractivity contribution is 5.81. The van der Waals surface area contributed by atoms with Crippen molar-refractivity contribution in [2.24, 2.45) is 5.92 Å². The van der Waals surface area contributed by atoms with Crippen LogP contribution >= 0.6 is 0 Å². The van der Waals surface area contributed by atoms with Crippen LogP contribution in [-0.2, 0) is 10.3 Å². The van der Waals surface area contributed by atoms with Gasteiger partial charge in [-0.3, -0.25) is 4.79 Å². The molecule has 2 N–H and O–H groups in total. The van der Waals surface area contributed by atoms with Gasteiger partial charge in [-0.1, -0.05) is 5.21 Å². The molecule has 0 spiro atoms. The Morgan fingerprint density at radius 1 is 1.47 bits per heavy atom. The lowest BCUT2D eigenvalue weighted by Gasteiger charge is -2.39. The van der Waals surface area contributed by atoms with Crippen LogP contribution in [0.25, 0.3) is 0 Å². The van der Waals surface area contributed by atoms with E-state index < -0.39 is 0 Å². The molecule has 1 aromatic heterocycles. The second kappa shape index (κ2) is 3.01. The molecule has 2 saturated carbocycles. The minimum atomic E-state index is -0.327. The Bertz CT molecular complexity index is 366. The summed E-state index contributed by atoms with van der Waals surface area (Å²) in [6.07, 6.45) is 5.00. The number of rotatable bonds is 3. The number of tetrazole rings is 1. The molecule has 0 bridgehead atoms. The van der Waals surface area contributed by atoms with Gasteiger partial charge in [0.1, 0.15) is 5.54 Å². The van der Waals surface area contributed by atoms with Gasteiger partial charge in [-0.25, -0.2) is 0 Å². The van der Waals surface area contributed by atoms with E-state index in [0.29, 0.717) is 5.82 Å². The number of amides is 1. The third-order valence-corrected chi connectivity index (χ3v) is 3.29. The zero-order chi connectivity index (χ0) is 10.3. The number of carbonyl (C=O) groups excluding carboxylic acids is 1. The van der Waals surface area contributed by atoms with E-state index in [1.165, 1.54) is 0 Å². The van der Waals surface area contributed by atoms with Crippen molar-refractivity contribution in [3.8, 4) is 0 Å². The first-order valence-corrected chi connectivity index (χ1v) is 5.36. The van der Waals surface area contributed by atoms with Crippen molar-refractivity contribution in [1.82, 2.24) is 25.9 Å². The second-order valence-electron chi connectivity index (χ2n) is 4.43. The Balaban J connectivity index is 1.77. The molecule has 2 fully saturated rings. The van der Waals surface area contributed by atoms with E-state index in [2.05, 4.69) is 25.9 Å². The van der Waals surface area contributed by atoms with E-state index in [9.17, 15) is 4.79 Å². The van der Waals surface area contributed by atoms with E-state index >= 15 is 0 Å². The summed E-state index contributed by atoms with van der Waals surface area (Å²) in [6, 6.07) is 0. The average Bonchev–Trinajstić information content (AvgIpc) is 2.89. The molecule has 3 rings (SSSR count). The van der Waals surface area contributed by atoms with Gasteiger partial charge >= 0.3 is 0 Å². The van der Waals surface area contributed by atoms with Crippen molar-refractivity contribution in [2.45, 2.75) is 37.6 Å². The molecule has 15 heavy (non-hydrogen) atoms. The van der Waals surface area contributed by atoms with Crippen molar-refractivity contribution >= 4 is 5.91 Å². The van der Waals surface area contributed by atoms with Crippen molar-refractivity contribution in [2.75, 3.05) is 0 Å². The van der Waals surface area contributed by atoms with Crippen LogP contribution in [0.15, 0.2) is 0 Å². The van der Waals surface area contributed by atoms with Gasteiger partial charge in [-0.15, -0.1) is 10.2 Å². The highest BCUT2D eigenvalue weighted by Gasteiger charge is 2.45. The Morgan fingerprint density at radius 3 is 2.73 bits per heavy atom. The maximum Gasteiger partial charge on any atom is 0.223 e. The summed E-state index contributed by atoms with van der Waals surface area (Å²) in [5.74, 6) is 1.01. The molecule has 2 aliphatic carbocycles. The molecule has 0 saturated heterocycles. The first kappa shape index (κ1) is 8.82. The van der Waals surface area contributed by atoms with Gasteiger partial charge in [0.05, 0.1) is 0 Å². The second-order valence-corrected chi connectivity index (χ2v) is 4.43. The van der Waals surface area contributed by atoms with Crippen LogP contribution < -0.4 is 5.32 Å². The van der Waals surface area contributed by atoms with Crippen LogP contribution in [-0.4, -0.2) is 26.5 Å². The van der Waals surface area contributed by atoms with E-state index in [-0.39, 0.29) is 17.4 Å². The molecule has 0 aromatic carbocycles. The van der Waals surface area contributed by atoms with Crippen LogP contribution in [0, 0.1) is 5.92 Å². The van der Waals surface area contributed by atoms with Gasteiger partial charge < -0.3 is 5.32 Å². The Morgan fingerprint density at radius 2 is 2.27 bits per heavy atom. The van der Waals surface area contributed by atoms with Gasteiger partial charge in [-0.2, -0.15) is 5.21 Å². The Kier molecular flexibility index (Phi) is 1.77. The number of nitrogens with one attached hydrogen (secondary N) is 2. The zero-order valence-electron chi connectivity index (χ0n) is 8.36. The maximum atomic E-state index is 11.7.